The smallest absolute Gasteiger partial charge is 0.226 e. The molecule has 6 heteroatoms. The number of halogens is 1. The summed E-state index contributed by atoms with van der Waals surface area (Å²) in [5.41, 5.74) is 2.48. The molecule has 1 N–H and O–H groups in total. The maximum absolute atomic E-state index is 13.7. The van der Waals surface area contributed by atoms with Gasteiger partial charge in [-0.2, -0.15) is 0 Å². The Morgan fingerprint density at radius 2 is 1.93 bits per heavy atom. The van der Waals surface area contributed by atoms with E-state index in [-0.39, 0.29) is 35.5 Å². The fourth-order valence-electron chi connectivity index (χ4n) is 4.22. The second-order valence-corrected chi connectivity index (χ2v) is 8.43. The summed E-state index contributed by atoms with van der Waals surface area (Å²) in [6, 6.07) is 10.7. The lowest BCUT2D eigenvalue weighted by Gasteiger charge is -2.40. The van der Waals surface area contributed by atoms with Crippen LogP contribution >= 0.6 is 0 Å². The Morgan fingerprint density at radius 3 is 2.63 bits per heavy atom. The number of piperidine rings is 1. The minimum atomic E-state index is -0.236. The summed E-state index contributed by atoms with van der Waals surface area (Å²) in [6.45, 7) is 2.70. The highest BCUT2D eigenvalue weighted by atomic mass is 19.1. The third kappa shape index (κ3) is 4.69. The van der Waals surface area contributed by atoms with Crippen LogP contribution in [0.2, 0.25) is 0 Å². The van der Waals surface area contributed by atoms with Crippen LogP contribution < -0.4 is 5.32 Å². The summed E-state index contributed by atoms with van der Waals surface area (Å²) in [5.74, 6) is -0.241. The first-order chi connectivity index (χ1) is 14.5. The maximum atomic E-state index is 13.7. The second-order valence-electron chi connectivity index (χ2n) is 8.43. The summed E-state index contributed by atoms with van der Waals surface area (Å²) in [6.07, 6.45) is 5.70. The van der Waals surface area contributed by atoms with Gasteiger partial charge in [-0.3, -0.25) is 14.6 Å². The van der Waals surface area contributed by atoms with Gasteiger partial charge in [-0.15, -0.1) is 0 Å². The lowest BCUT2D eigenvalue weighted by molar-refractivity contribution is -0.140. The highest BCUT2D eigenvalue weighted by molar-refractivity contribution is 5.84. The number of rotatable bonds is 6. The van der Waals surface area contributed by atoms with Crippen molar-refractivity contribution in [3.8, 4) is 0 Å². The molecule has 2 fully saturated rings. The molecule has 2 atom stereocenters. The highest BCUT2D eigenvalue weighted by Crippen LogP contribution is 2.39. The Labute approximate surface area is 176 Å². The second kappa shape index (κ2) is 8.94. The van der Waals surface area contributed by atoms with Crippen molar-refractivity contribution in [1.82, 2.24) is 15.2 Å². The number of hydrogen-bond donors (Lipinski definition) is 1. The predicted molar refractivity (Wildman–Crippen MR) is 112 cm³/mol. The molecule has 0 radical (unpaired) electrons. The first-order valence-electron chi connectivity index (χ1n) is 10.8. The van der Waals surface area contributed by atoms with E-state index in [0.29, 0.717) is 37.9 Å². The van der Waals surface area contributed by atoms with E-state index in [1.54, 1.807) is 19.2 Å². The number of carbonyl (C=O) groups excluding carboxylic acids is 2. The molecule has 0 spiro atoms. The lowest BCUT2D eigenvalue weighted by Crippen LogP contribution is -2.47. The van der Waals surface area contributed by atoms with Gasteiger partial charge in [-0.25, -0.2) is 4.39 Å². The van der Waals surface area contributed by atoms with Gasteiger partial charge in [0.15, 0.2) is 0 Å². The molecule has 2 amide bonds. The molecule has 5 nitrogen and oxygen atoms in total. The van der Waals surface area contributed by atoms with Crippen LogP contribution in [0.3, 0.4) is 0 Å². The Hall–Kier alpha value is -2.76. The van der Waals surface area contributed by atoms with Crippen LogP contribution in [0.5, 0.6) is 0 Å². The summed E-state index contributed by atoms with van der Waals surface area (Å²) in [5, 5.41) is 3.01. The van der Waals surface area contributed by atoms with Crippen molar-refractivity contribution >= 4 is 11.8 Å². The van der Waals surface area contributed by atoms with Crippen molar-refractivity contribution in [2.24, 2.45) is 11.8 Å². The summed E-state index contributed by atoms with van der Waals surface area (Å²) in [7, 11) is 0. The standard InChI is InChI=1S/C24H28FN3O2/c1-16-14-18(7-9-21(16)25)22-10-8-19(15-28(22)24(30)17-5-6-17)23(29)27-13-11-20-4-2-3-12-26-20/h2-4,7,9,12,14,17,19,22H,5-6,8,10-11,13,15H2,1H3,(H,27,29). The minimum Gasteiger partial charge on any atom is -0.355 e. The Balaban J connectivity index is 1.41. The topological polar surface area (TPSA) is 62.3 Å². The largest absolute Gasteiger partial charge is 0.355 e. The number of benzene rings is 1. The molecule has 2 unspecified atom stereocenters. The Bertz CT molecular complexity index is 914. The van der Waals surface area contributed by atoms with Crippen molar-refractivity contribution in [2.75, 3.05) is 13.1 Å². The number of nitrogens with one attached hydrogen (secondary N) is 1. The van der Waals surface area contributed by atoms with E-state index < -0.39 is 0 Å². The molecule has 2 heterocycles. The molecule has 0 bridgehead atoms. The number of likely N-dealkylation sites (tertiary alicyclic amines) is 1. The highest BCUT2D eigenvalue weighted by Gasteiger charge is 2.41. The summed E-state index contributed by atoms with van der Waals surface area (Å²) in [4.78, 5) is 31.9. The molecule has 1 aromatic carbocycles. The number of aryl methyl sites for hydroxylation is 1. The van der Waals surface area contributed by atoms with Crippen molar-refractivity contribution < 1.29 is 14.0 Å². The SMILES string of the molecule is Cc1cc(C2CCC(C(=O)NCCc3ccccn3)CN2C(=O)C2CC2)ccc1F. The average Bonchev–Trinajstić information content (AvgIpc) is 3.61. The number of aromatic nitrogens is 1. The van der Waals surface area contributed by atoms with Crippen LogP contribution in [0.1, 0.15) is 48.5 Å². The third-order valence-electron chi connectivity index (χ3n) is 6.14. The molecule has 1 saturated carbocycles. The summed E-state index contributed by atoms with van der Waals surface area (Å²) < 4.78 is 13.7. The van der Waals surface area contributed by atoms with E-state index in [1.165, 1.54) is 6.07 Å². The molecule has 1 aromatic heterocycles. The van der Waals surface area contributed by atoms with Gasteiger partial charge in [0.05, 0.1) is 12.0 Å². The fourth-order valence-corrected chi connectivity index (χ4v) is 4.22. The van der Waals surface area contributed by atoms with Crippen LogP contribution in [0.4, 0.5) is 4.39 Å². The number of nitrogens with zero attached hydrogens (tertiary/aromatic N) is 2. The van der Waals surface area contributed by atoms with Gasteiger partial charge >= 0.3 is 0 Å². The van der Waals surface area contributed by atoms with E-state index in [4.69, 9.17) is 0 Å². The monoisotopic (exact) mass is 409 g/mol. The molecular weight excluding hydrogens is 381 g/mol. The van der Waals surface area contributed by atoms with E-state index in [1.807, 2.05) is 29.2 Å². The molecule has 2 aliphatic rings. The van der Waals surface area contributed by atoms with Gasteiger partial charge in [0.1, 0.15) is 5.82 Å². The molecule has 1 saturated heterocycles. The Kier molecular flexibility index (Phi) is 6.11. The zero-order chi connectivity index (χ0) is 21.1. The quantitative estimate of drug-likeness (QED) is 0.793. The first-order valence-corrected chi connectivity index (χ1v) is 10.8. The van der Waals surface area contributed by atoms with Gasteiger partial charge in [-0.05, 0) is 61.9 Å². The van der Waals surface area contributed by atoms with Gasteiger partial charge < -0.3 is 10.2 Å². The van der Waals surface area contributed by atoms with Gasteiger partial charge in [0, 0.05) is 37.3 Å². The van der Waals surface area contributed by atoms with E-state index >= 15 is 0 Å². The zero-order valence-corrected chi connectivity index (χ0v) is 17.3. The first kappa shape index (κ1) is 20.5. The van der Waals surface area contributed by atoms with Crippen LogP contribution in [-0.4, -0.2) is 34.8 Å². The number of pyridine rings is 1. The van der Waals surface area contributed by atoms with Crippen LogP contribution in [0, 0.1) is 24.6 Å². The van der Waals surface area contributed by atoms with Gasteiger partial charge in [0.25, 0.3) is 0 Å². The molecular formula is C24H28FN3O2. The molecule has 1 aliphatic carbocycles. The third-order valence-corrected chi connectivity index (χ3v) is 6.14. The van der Waals surface area contributed by atoms with Gasteiger partial charge in [0.2, 0.25) is 11.8 Å². The minimum absolute atomic E-state index is 0.00624. The average molecular weight is 410 g/mol. The van der Waals surface area contributed by atoms with Crippen LogP contribution in [0.25, 0.3) is 0 Å². The normalized spacial score (nSPS) is 21.3. The van der Waals surface area contributed by atoms with E-state index in [2.05, 4.69) is 10.3 Å². The maximum Gasteiger partial charge on any atom is 0.226 e. The van der Waals surface area contributed by atoms with Crippen molar-refractivity contribution in [2.45, 2.75) is 45.1 Å². The van der Waals surface area contributed by atoms with Crippen LogP contribution in [0.15, 0.2) is 42.6 Å². The van der Waals surface area contributed by atoms with Gasteiger partial charge in [-0.1, -0.05) is 18.2 Å². The molecule has 4 rings (SSSR count). The predicted octanol–water partition coefficient (Wildman–Crippen LogP) is 3.58. The Morgan fingerprint density at radius 1 is 1.13 bits per heavy atom. The summed E-state index contributed by atoms with van der Waals surface area (Å²) >= 11 is 0. The number of amides is 2. The molecule has 30 heavy (non-hydrogen) atoms. The van der Waals surface area contributed by atoms with Crippen molar-refractivity contribution in [3.63, 3.8) is 0 Å². The molecule has 158 valence electrons. The number of carbonyl (C=O) groups is 2. The van der Waals surface area contributed by atoms with Crippen molar-refractivity contribution in [1.29, 1.82) is 0 Å². The van der Waals surface area contributed by atoms with E-state index in [0.717, 1.165) is 24.1 Å². The molecule has 2 aromatic rings. The molecule has 1 aliphatic heterocycles. The van der Waals surface area contributed by atoms with E-state index in [9.17, 15) is 14.0 Å². The zero-order valence-electron chi connectivity index (χ0n) is 17.3. The lowest BCUT2D eigenvalue weighted by atomic mass is 9.87. The van der Waals surface area contributed by atoms with Crippen LogP contribution in [-0.2, 0) is 16.0 Å². The fraction of sp³-hybridized carbons (Fsp3) is 0.458. The van der Waals surface area contributed by atoms with Crippen molar-refractivity contribution in [3.05, 3.63) is 65.2 Å². The number of hydrogen-bond acceptors (Lipinski definition) is 3.